The monoisotopic (exact) mass is 166 g/mol. The van der Waals surface area contributed by atoms with Crippen LogP contribution in [0.1, 0.15) is 0 Å². The van der Waals surface area contributed by atoms with Crippen molar-refractivity contribution in [3.63, 3.8) is 0 Å². The van der Waals surface area contributed by atoms with Crippen molar-refractivity contribution < 1.29 is 13.2 Å². The molecule has 1 aliphatic heterocycles. The van der Waals surface area contributed by atoms with Crippen LogP contribution in [-0.2, 0) is 14.8 Å². The molecule has 0 aromatic rings. The third kappa shape index (κ3) is 2.61. The molecule has 0 aliphatic carbocycles. The van der Waals surface area contributed by atoms with Crippen molar-refractivity contribution in [2.75, 3.05) is 19.5 Å². The molecule has 10 heavy (non-hydrogen) atoms. The summed E-state index contributed by atoms with van der Waals surface area (Å²) in [7, 11) is -3.12. The molecule has 0 bridgehead atoms. The Hall–Kier alpha value is -0.170. The molecule has 0 spiro atoms. The molecule has 6 heteroatoms. The average molecular weight is 166 g/mol. The molecule has 0 amide bonds. The first-order valence-corrected chi connectivity index (χ1v) is 4.77. The van der Waals surface area contributed by atoms with Crippen LogP contribution in [0.25, 0.3) is 0 Å². The van der Waals surface area contributed by atoms with E-state index in [-0.39, 0.29) is 0 Å². The largest absolute Gasteiger partial charge is 0.346 e. The van der Waals surface area contributed by atoms with Gasteiger partial charge in [0.2, 0.25) is 10.0 Å². The highest BCUT2D eigenvalue weighted by molar-refractivity contribution is 7.88. The summed E-state index contributed by atoms with van der Waals surface area (Å²) < 4.78 is 28.4. The van der Waals surface area contributed by atoms with E-state index in [0.29, 0.717) is 13.3 Å². The lowest BCUT2D eigenvalue weighted by Gasteiger charge is -2.07. The van der Waals surface area contributed by atoms with Crippen LogP contribution in [0.3, 0.4) is 0 Å². The van der Waals surface area contributed by atoms with Gasteiger partial charge in [0.25, 0.3) is 0 Å². The highest BCUT2D eigenvalue weighted by Gasteiger charge is 2.17. The van der Waals surface area contributed by atoms with Gasteiger partial charge in [-0.15, -0.1) is 0 Å². The van der Waals surface area contributed by atoms with Crippen LogP contribution in [0, 0.1) is 0 Å². The van der Waals surface area contributed by atoms with Crippen molar-refractivity contribution in [3.05, 3.63) is 0 Å². The Morgan fingerprint density at radius 2 is 2.40 bits per heavy atom. The summed E-state index contributed by atoms with van der Waals surface area (Å²) in [6, 6.07) is 0. The van der Waals surface area contributed by atoms with Gasteiger partial charge in [0.15, 0.2) is 0 Å². The van der Waals surface area contributed by atoms with E-state index in [1.54, 1.807) is 0 Å². The zero-order valence-corrected chi connectivity index (χ0v) is 6.44. The molecule has 1 rings (SSSR count). The minimum Gasteiger partial charge on any atom is -0.346 e. The first kappa shape index (κ1) is 7.93. The molecule has 1 aliphatic rings. The van der Waals surface area contributed by atoms with Gasteiger partial charge >= 0.3 is 0 Å². The molecule has 0 saturated carbocycles. The fourth-order valence-electron chi connectivity index (χ4n) is 0.723. The summed E-state index contributed by atoms with van der Waals surface area (Å²) >= 11 is 0. The predicted molar refractivity (Wildman–Crippen MR) is 35.7 cm³/mol. The Kier molecular flexibility index (Phi) is 2.24. The molecule has 1 atom stereocenters. The summed E-state index contributed by atoms with van der Waals surface area (Å²) in [5.74, 6) is 0. The van der Waals surface area contributed by atoms with Crippen molar-refractivity contribution in [3.8, 4) is 0 Å². The van der Waals surface area contributed by atoms with Crippen molar-refractivity contribution in [1.82, 2.24) is 10.0 Å². The van der Waals surface area contributed by atoms with Gasteiger partial charge in [-0.1, -0.05) is 0 Å². The summed E-state index contributed by atoms with van der Waals surface area (Å²) in [6.45, 7) is 0.945. The maximum atomic E-state index is 10.6. The summed E-state index contributed by atoms with van der Waals surface area (Å²) in [5, 5.41) is 2.85. The second kappa shape index (κ2) is 2.83. The number of hydrogen-bond acceptors (Lipinski definition) is 4. The zero-order chi connectivity index (χ0) is 7.61. The van der Waals surface area contributed by atoms with E-state index in [2.05, 4.69) is 10.0 Å². The lowest BCUT2D eigenvalue weighted by molar-refractivity contribution is 0.106. The van der Waals surface area contributed by atoms with Crippen molar-refractivity contribution in [2.24, 2.45) is 0 Å². The lowest BCUT2D eigenvalue weighted by atomic mass is 10.6. The van der Waals surface area contributed by atoms with Crippen molar-refractivity contribution in [1.29, 1.82) is 0 Å². The Morgan fingerprint density at radius 3 is 2.80 bits per heavy atom. The topological polar surface area (TPSA) is 67.4 Å². The Morgan fingerprint density at radius 1 is 1.70 bits per heavy atom. The zero-order valence-electron chi connectivity index (χ0n) is 5.62. The first-order chi connectivity index (χ1) is 4.58. The van der Waals surface area contributed by atoms with E-state index < -0.39 is 16.3 Å². The third-order valence-corrected chi connectivity index (χ3v) is 1.75. The fourth-order valence-corrected chi connectivity index (χ4v) is 1.35. The molecule has 0 aromatic carbocycles. The molecule has 0 unspecified atom stereocenters. The highest BCUT2D eigenvalue weighted by atomic mass is 32.2. The van der Waals surface area contributed by atoms with Gasteiger partial charge in [0.05, 0.1) is 13.0 Å². The van der Waals surface area contributed by atoms with Crippen molar-refractivity contribution in [2.45, 2.75) is 6.23 Å². The molecule has 1 saturated heterocycles. The van der Waals surface area contributed by atoms with Crippen LogP contribution in [0.4, 0.5) is 0 Å². The standard InChI is InChI=1S/C4H10N2O3S/c1-10(7,8)6-4-2-5-3-9-4/h4-6H,2-3H2,1H3/t4-/m1/s1. The SMILES string of the molecule is CS(=O)(=O)N[C@H]1CNCO1. The second-order valence-electron chi connectivity index (χ2n) is 2.14. The van der Waals surface area contributed by atoms with E-state index in [1.807, 2.05) is 0 Å². The van der Waals surface area contributed by atoms with Crippen LogP contribution in [0.5, 0.6) is 0 Å². The maximum absolute atomic E-state index is 10.6. The van der Waals surface area contributed by atoms with Gasteiger partial charge < -0.3 is 4.74 Å². The molecule has 2 N–H and O–H groups in total. The van der Waals surface area contributed by atoms with E-state index in [0.717, 1.165) is 6.26 Å². The maximum Gasteiger partial charge on any atom is 0.210 e. The minimum atomic E-state index is -3.12. The molecule has 60 valence electrons. The van der Waals surface area contributed by atoms with Crippen LogP contribution in [0.15, 0.2) is 0 Å². The predicted octanol–water partition coefficient (Wildman–Crippen LogP) is -1.56. The molecule has 5 nitrogen and oxygen atoms in total. The van der Waals surface area contributed by atoms with Gasteiger partial charge in [-0.2, -0.15) is 4.72 Å². The van der Waals surface area contributed by atoms with Gasteiger partial charge in [0.1, 0.15) is 6.23 Å². The number of nitrogens with one attached hydrogen (secondary N) is 2. The third-order valence-electron chi connectivity index (χ3n) is 1.06. The Balaban J connectivity index is 2.38. The number of rotatable bonds is 2. The average Bonchev–Trinajstić information content (AvgIpc) is 2.12. The molecular weight excluding hydrogens is 156 g/mol. The number of hydrogen-bond donors (Lipinski definition) is 2. The molecule has 1 fully saturated rings. The van der Waals surface area contributed by atoms with Crippen molar-refractivity contribution >= 4 is 10.0 Å². The normalized spacial score (nSPS) is 27.1. The summed E-state index contributed by atoms with van der Waals surface area (Å²) in [5.41, 5.74) is 0. The number of sulfonamides is 1. The smallest absolute Gasteiger partial charge is 0.210 e. The summed E-state index contributed by atoms with van der Waals surface area (Å²) in [6.07, 6.45) is 0.712. The molecule has 0 radical (unpaired) electrons. The number of ether oxygens (including phenoxy) is 1. The Bertz CT molecular complexity index is 195. The fraction of sp³-hybridized carbons (Fsp3) is 1.00. The van der Waals surface area contributed by atoms with Gasteiger partial charge in [-0.25, -0.2) is 8.42 Å². The first-order valence-electron chi connectivity index (χ1n) is 2.87. The van der Waals surface area contributed by atoms with Crippen LogP contribution in [-0.4, -0.2) is 34.2 Å². The van der Waals surface area contributed by atoms with Gasteiger partial charge in [0, 0.05) is 6.54 Å². The van der Waals surface area contributed by atoms with Crippen LogP contribution >= 0.6 is 0 Å². The quantitative estimate of drug-likeness (QED) is 0.520. The molecular formula is C4H10N2O3S. The van der Waals surface area contributed by atoms with E-state index >= 15 is 0 Å². The van der Waals surface area contributed by atoms with E-state index in [4.69, 9.17) is 4.74 Å². The summed E-state index contributed by atoms with van der Waals surface area (Å²) in [4.78, 5) is 0. The Labute approximate surface area is 59.8 Å². The van der Waals surface area contributed by atoms with Gasteiger partial charge in [-0.3, -0.25) is 5.32 Å². The van der Waals surface area contributed by atoms with E-state index in [1.165, 1.54) is 0 Å². The van der Waals surface area contributed by atoms with Crippen LogP contribution in [0.2, 0.25) is 0 Å². The van der Waals surface area contributed by atoms with Crippen LogP contribution < -0.4 is 10.0 Å². The molecule has 1 heterocycles. The van der Waals surface area contributed by atoms with E-state index in [9.17, 15) is 8.42 Å². The second-order valence-corrected chi connectivity index (χ2v) is 3.92. The lowest BCUT2D eigenvalue weighted by Crippen LogP contribution is -2.36. The molecule has 0 aromatic heterocycles. The highest BCUT2D eigenvalue weighted by Crippen LogP contribution is 1.93. The minimum absolute atomic E-state index is 0.394. The van der Waals surface area contributed by atoms with Gasteiger partial charge in [-0.05, 0) is 0 Å².